The number of hydrogen-bond acceptors (Lipinski definition) is 3. The quantitative estimate of drug-likeness (QED) is 0.726. The molecule has 5 nitrogen and oxygen atoms in total. The second-order valence-electron chi connectivity index (χ2n) is 5.78. The smallest absolute Gasteiger partial charge is 0.274 e. The molecular weight excluding hydrogens is 373 g/mol. The summed E-state index contributed by atoms with van der Waals surface area (Å²) >= 11 is 12.0. The molecule has 0 aliphatic rings. The Labute approximate surface area is 163 Å². The van der Waals surface area contributed by atoms with Crippen molar-refractivity contribution in [2.75, 3.05) is 18.4 Å². The van der Waals surface area contributed by atoms with Gasteiger partial charge in [0.2, 0.25) is 0 Å². The van der Waals surface area contributed by atoms with E-state index in [0.717, 1.165) is 12.8 Å². The molecule has 2 aromatic rings. The zero-order valence-electron chi connectivity index (χ0n) is 14.8. The van der Waals surface area contributed by atoms with Gasteiger partial charge in [-0.1, -0.05) is 43.1 Å². The molecule has 0 aliphatic carbocycles. The van der Waals surface area contributed by atoms with Crippen LogP contribution in [-0.4, -0.2) is 34.8 Å². The maximum absolute atomic E-state index is 12.7. The van der Waals surface area contributed by atoms with Crippen LogP contribution in [-0.2, 0) is 0 Å². The van der Waals surface area contributed by atoms with Crippen molar-refractivity contribution >= 4 is 40.7 Å². The minimum Gasteiger partial charge on any atom is -0.339 e. The molecule has 0 unspecified atom stereocenters. The van der Waals surface area contributed by atoms with E-state index in [2.05, 4.69) is 10.3 Å². The molecule has 1 aromatic heterocycles. The average molecular weight is 394 g/mol. The second kappa shape index (κ2) is 9.55. The summed E-state index contributed by atoms with van der Waals surface area (Å²) in [4.78, 5) is 31.0. The number of carbonyl (C=O) groups excluding carboxylic acids is 2. The number of nitrogens with zero attached hydrogens (tertiary/aromatic N) is 2. The van der Waals surface area contributed by atoms with Crippen molar-refractivity contribution in [3.63, 3.8) is 0 Å². The van der Waals surface area contributed by atoms with E-state index < -0.39 is 5.91 Å². The second-order valence-corrected chi connectivity index (χ2v) is 6.56. The first-order valence-electron chi connectivity index (χ1n) is 8.48. The maximum Gasteiger partial charge on any atom is 0.274 e. The standard InChI is InChI=1S/C19H21Cl2N3O2/c1-3-10-24(11-4-2)19(26)13-8-9-22-16(12-13)18(25)23-15-7-5-6-14(20)17(15)21/h5-9,12H,3-4,10-11H2,1-2H3,(H,23,25). The Morgan fingerprint density at radius 2 is 1.81 bits per heavy atom. The minimum atomic E-state index is -0.457. The number of pyridine rings is 1. The molecule has 7 heteroatoms. The summed E-state index contributed by atoms with van der Waals surface area (Å²) in [7, 11) is 0. The van der Waals surface area contributed by atoms with Gasteiger partial charge in [-0.2, -0.15) is 0 Å². The van der Waals surface area contributed by atoms with Crippen molar-refractivity contribution in [2.45, 2.75) is 26.7 Å². The van der Waals surface area contributed by atoms with E-state index in [9.17, 15) is 9.59 Å². The van der Waals surface area contributed by atoms with E-state index in [1.165, 1.54) is 12.3 Å². The fraction of sp³-hybridized carbons (Fsp3) is 0.316. The third-order valence-corrected chi connectivity index (χ3v) is 4.53. The lowest BCUT2D eigenvalue weighted by Crippen LogP contribution is -2.32. The molecule has 1 aromatic carbocycles. The molecule has 0 saturated carbocycles. The highest BCUT2D eigenvalue weighted by atomic mass is 35.5. The van der Waals surface area contributed by atoms with Crippen molar-refractivity contribution in [1.82, 2.24) is 9.88 Å². The van der Waals surface area contributed by atoms with Crippen molar-refractivity contribution in [3.05, 3.63) is 57.8 Å². The van der Waals surface area contributed by atoms with Crippen LogP contribution in [0.4, 0.5) is 5.69 Å². The molecular formula is C19H21Cl2N3O2. The lowest BCUT2D eigenvalue weighted by atomic mass is 10.1. The van der Waals surface area contributed by atoms with Gasteiger partial charge >= 0.3 is 0 Å². The Bertz CT molecular complexity index is 790. The van der Waals surface area contributed by atoms with Crippen LogP contribution in [0.15, 0.2) is 36.5 Å². The summed E-state index contributed by atoms with van der Waals surface area (Å²) < 4.78 is 0. The molecule has 0 bridgehead atoms. The molecule has 0 spiro atoms. The minimum absolute atomic E-state index is 0.106. The van der Waals surface area contributed by atoms with Gasteiger partial charge in [-0.05, 0) is 37.1 Å². The molecule has 0 radical (unpaired) electrons. The molecule has 138 valence electrons. The predicted octanol–water partition coefficient (Wildman–Crippen LogP) is 4.90. The van der Waals surface area contributed by atoms with E-state index in [1.807, 2.05) is 13.8 Å². The van der Waals surface area contributed by atoms with Crippen molar-refractivity contribution < 1.29 is 9.59 Å². The van der Waals surface area contributed by atoms with Gasteiger partial charge in [0.15, 0.2) is 0 Å². The normalized spacial score (nSPS) is 10.5. The topological polar surface area (TPSA) is 62.3 Å². The first-order valence-corrected chi connectivity index (χ1v) is 9.24. The van der Waals surface area contributed by atoms with Crippen LogP contribution < -0.4 is 5.32 Å². The number of aromatic nitrogens is 1. The van der Waals surface area contributed by atoms with E-state index in [1.54, 1.807) is 29.2 Å². The third-order valence-electron chi connectivity index (χ3n) is 3.71. The van der Waals surface area contributed by atoms with E-state index in [4.69, 9.17) is 23.2 Å². The number of hydrogen-bond donors (Lipinski definition) is 1. The first-order chi connectivity index (χ1) is 12.5. The van der Waals surface area contributed by atoms with Gasteiger partial charge in [-0.3, -0.25) is 14.6 Å². The fourth-order valence-electron chi connectivity index (χ4n) is 2.51. The Hall–Kier alpha value is -2.11. The number of amides is 2. The summed E-state index contributed by atoms with van der Waals surface area (Å²) in [5.41, 5.74) is 0.963. The highest BCUT2D eigenvalue weighted by molar-refractivity contribution is 6.44. The molecule has 2 rings (SSSR count). The lowest BCUT2D eigenvalue weighted by molar-refractivity contribution is 0.0755. The van der Waals surface area contributed by atoms with E-state index in [-0.39, 0.29) is 16.6 Å². The number of benzene rings is 1. The summed E-state index contributed by atoms with van der Waals surface area (Å²) in [6, 6.07) is 8.07. The van der Waals surface area contributed by atoms with Gasteiger partial charge in [0, 0.05) is 24.8 Å². The van der Waals surface area contributed by atoms with Crippen LogP contribution in [0.1, 0.15) is 47.5 Å². The van der Waals surface area contributed by atoms with Crippen molar-refractivity contribution in [1.29, 1.82) is 0 Å². The lowest BCUT2D eigenvalue weighted by Gasteiger charge is -2.21. The molecule has 0 saturated heterocycles. The maximum atomic E-state index is 12.7. The van der Waals surface area contributed by atoms with Crippen LogP contribution in [0.2, 0.25) is 10.0 Å². The number of nitrogens with one attached hydrogen (secondary N) is 1. The average Bonchev–Trinajstić information content (AvgIpc) is 2.65. The third kappa shape index (κ3) is 4.96. The fourth-order valence-corrected chi connectivity index (χ4v) is 2.86. The molecule has 0 fully saturated rings. The van der Waals surface area contributed by atoms with Crippen LogP contribution in [0.5, 0.6) is 0 Å². The Balaban J connectivity index is 2.21. The zero-order chi connectivity index (χ0) is 19.1. The highest BCUT2D eigenvalue weighted by Gasteiger charge is 2.17. The predicted molar refractivity (Wildman–Crippen MR) is 105 cm³/mol. The van der Waals surface area contributed by atoms with Crippen LogP contribution in [0, 0.1) is 0 Å². The SMILES string of the molecule is CCCN(CCC)C(=O)c1ccnc(C(=O)Nc2cccc(Cl)c2Cl)c1. The molecule has 1 heterocycles. The number of rotatable bonds is 7. The van der Waals surface area contributed by atoms with Crippen LogP contribution >= 0.6 is 23.2 Å². The Morgan fingerprint density at radius 1 is 1.12 bits per heavy atom. The summed E-state index contributed by atoms with van der Waals surface area (Å²) in [5.74, 6) is -0.563. The monoisotopic (exact) mass is 393 g/mol. The molecule has 2 amide bonds. The van der Waals surface area contributed by atoms with Gasteiger partial charge in [0.05, 0.1) is 15.7 Å². The largest absolute Gasteiger partial charge is 0.339 e. The summed E-state index contributed by atoms with van der Waals surface area (Å²) in [6.07, 6.45) is 3.20. The number of halogens is 2. The van der Waals surface area contributed by atoms with Crippen molar-refractivity contribution in [3.8, 4) is 0 Å². The van der Waals surface area contributed by atoms with Gasteiger partial charge in [0.1, 0.15) is 5.69 Å². The zero-order valence-corrected chi connectivity index (χ0v) is 16.3. The van der Waals surface area contributed by atoms with Crippen LogP contribution in [0.3, 0.4) is 0 Å². The van der Waals surface area contributed by atoms with Gasteiger partial charge in [-0.25, -0.2) is 0 Å². The van der Waals surface area contributed by atoms with Gasteiger partial charge in [-0.15, -0.1) is 0 Å². The van der Waals surface area contributed by atoms with E-state index in [0.29, 0.717) is 29.4 Å². The molecule has 26 heavy (non-hydrogen) atoms. The highest BCUT2D eigenvalue weighted by Crippen LogP contribution is 2.29. The summed E-state index contributed by atoms with van der Waals surface area (Å²) in [5, 5.41) is 3.27. The molecule has 0 aliphatic heterocycles. The van der Waals surface area contributed by atoms with E-state index >= 15 is 0 Å². The van der Waals surface area contributed by atoms with Crippen LogP contribution in [0.25, 0.3) is 0 Å². The number of carbonyl (C=O) groups is 2. The first kappa shape index (κ1) is 20.2. The van der Waals surface area contributed by atoms with Crippen molar-refractivity contribution in [2.24, 2.45) is 0 Å². The Kier molecular flexibility index (Phi) is 7.42. The van der Waals surface area contributed by atoms with Gasteiger partial charge < -0.3 is 10.2 Å². The molecule has 0 atom stereocenters. The molecule has 1 N–H and O–H groups in total. The number of anilines is 1. The Morgan fingerprint density at radius 3 is 2.46 bits per heavy atom. The van der Waals surface area contributed by atoms with Gasteiger partial charge in [0.25, 0.3) is 11.8 Å². The summed E-state index contributed by atoms with van der Waals surface area (Å²) in [6.45, 7) is 5.40.